The lowest BCUT2D eigenvalue weighted by Gasteiger charge is -2.21. The summed E-state index contributed by atoms with van der Waals surface area (Å²) in [6.07, 6.45) is 9.45. The van der Waals surface area contributed by atoms with Crippen LogP contribution in [0.1, 0.15) is 67.8 Å². The van der Waals surface area contributed by atoms with E-state index >= 15 is 0 Å². The van der Waals surface area contributed by atoms with Crippen molar-refractivity contribution in [3.63, 3.8) is 0 Å². The van der Waals surface area contributed by atoms with E-state index < -0.39 is 0 Å². The monoisotopic (exact) mass is 382 g/mol. The van der Waals surface area contributed by atoms with E-state index in [1.807, 2.05) is 24.3 Å². The molecule has 2 aromatic carbocycles. The predicted molar refractivity (Wildman–Crippen MR) is 113 cm³/mol. The van der Waals surface area contributed by atoms with E-state index in [2.05, 4.69) is 17.6 Å². The summed E-state index contributed by atoms with van der Waals surface area (Å²) in [4.78, 5) is 12.5. The number of hydrogen-bond acceptors (Lipinski definition) is 2. The normalized spacial score (nSPS) is 16.4. The van der Waals surface area contributed by atoms with Crippen LogP contribution in [0.15, 0.2) is 48.5 Å². The molecular formula is C24H31FN2O. The molecule has 1 fully saturated rings. The number of hydrogen-bond donors (Lipinski definition) is 2. The lowest BCUT2D eigenvalue weighted by molar-refractivity contribution is 0.102. The second-order valence-corrected chi connectivity index (χ2v) is 7.99. The van der Waals surface area contributed by atoms with E-state index in [1.54, 1.807) is 0 Å². The van der Waals surface area contributed by atoms with E-state index in [0.717, 1.165) is 17.2 Å². The third-order valence-electron chi connectivity index (χ3n) is 5.67. The molecule has 3 nitrogen and oxygen atoms in total. The van der Waals surface area contributed by atoms with Crippen molar-refractivity contribution < 1.29 is 9.18 Å². The Morgan fingerprint density at radius 3 is 2.43 bits per heavy atom. The van der Waals surface area contributed by atoms with Crippen LogP contribution in [0.4, 0.5) is 10.1 Å². The Bertz CT molecular complexity index is 751. The lowest BCUT2D eigenvalue weighted by Crippen LogP contribution is -2.28. The van der Waals surface area contributed by atoms with Crippen LogP contribution in [0, 0.1) is 11.7 Å². The minimum atomic E-state index is -0.344. The summed E-state index contributed by atoms with van der Waals surface area (Å²) in [7, 11) is 0. The number of amides is 1. The van der Waals surface area contributed by atoms with Crippen molar-refractivity contribution in [1.29, 1.82) is 0 Å². The van der Waals surface area contributed by atoms with Crippen LogP contribution < -0.4 is 10.6 Å². The molecule has 2 aromatic rings. The SMILES string of the molecule is C[C@@H](CC1CCCCCC1)NCc1ccccc1NC(=O)c1ccc(F)cc1. The van der Waals surface area contributed by atoms with E-state index in [-0.39, 0.29) is 11.7 Å². The number of benzene rings is 2. The van der Waals surface area contributed by atoms with Crippen molar-refractivity contribution in [3.05, 3.63) is 65.5 Å². The van der Waals surface area contributed by atoms with Crippen molar-refractivity contribution >= 4 is 11.6 Å². The molecule has 1 aliphatic carbocycles. The largest absolute Gasteiger partial charge is 0.322 e. The van der Waals surface area contributed by atoms with Gasteiger partial charge in [-0.25, -0.2) is 4.39 Å². The van der Waals surface area contributed by atoms with Gasteiger partial charge in [-0.15, -0.1) is 0 Å². The summed E-state index contributed by atoms with van der Waals surface area (Å²) in [5.41, 5.74) is 2.31. The van der Waals surface area contributed by atoms with Gasteiger partial charge in [-0.1, -0.05) is 56.7 Å². The fourth-order valence-corrected chi connectivity index (χ4v) is 4.06. The third-order valence-corrected chi connectivity index (χ3v) is 5.67. The maximum absolute atomic E-state index is 13.1. The number of para-hydroxylation sites is 1. The fraction of sp³-hybridized carbons (Fsp3) is 0.458. The maximum atomic E-state index is 13.1. The molecule has 0 aromatic heterocycles. The molecule has 0 saturated heterocycles. The summed E-state index contributed by atoms with van der Waals surface area (Å²) in [5.74, 6) is 0.265. The Kier molecular flexibility index (Phi) is 7.61. The van der Waals surface area contributed by atoms with Gasteiger partial charge in [-0.05, 0) is 55.2 Å². The average molecular weight is 383 g/mol. The van der Waals surface area contributed by atoms with Gasteiger partial charge >= 0.3 is 0 Å². The molecule has 1 atom stereocenters. The number of rotatable bonds is 7. The molecule has 0 heterocycles. The summed E-state index contributed by atoms with van der Waals surface area (Å²) < 4.78 is 13.1. The Hall–Kier alpha value is -2.20. The summed E-state index contributed by atoms with van der Waals surface area (Å²) in [5, 5.41) is 6.58. The van der Waals surface area contributed by atoms with Crippen molar-refractivity contribution in [2.24, 2.45) is 5.92 Å². The zero-order valence-corrected chi connectivity index (χ0v) is 16.7. The lowest BCUT2D eigenvalue weighted by atomic mass is 9.93. The summed E-state index contributed by atoms with van der Waals surface area (Å²) in [6.45, 7) is 2.97. The highest BCUT2D eigenvalue weighted by Gasteiger charge is 2.16. The highest BCUT2D eigenvalue weighted by Crippen LogP contribution is 2.26. The zero-order valence-electron chi connectivity index (χ0n) is 16.7. The van der Waals surface area contributed by atoms with Crippen LogP contribution in [0.5, 0.6) is 0 Å². The van der Waals surface area contributed by atoms with Crippen LogP contribution in [-0.4, -0.2) is 11.9 Å². The van der Waals surface area contributed by atoms with Gasteiger partial charge in [0, 0.05) is 23.8 Å². The Morgan fingerprint density at radius 2 is 1.71 bits per heavy atom. The molecule has 0 radical (unpaired) electrons. The molecule has 1 saturated carbocycles. The van der Waals surface area contributed by atoms with E-state index in [1.165, 1.54) is 69.2 Å². The molecule has 150 valence electrons. The smallest absolute Gasteiger partial charge is 0.255 e. The molecular weight excluding hydrogens is 351 g/mol. The molecule has 0 bridgehead atoms. The molecule has 4 heteroatoms. The first-order valence-electron chi connectivity index (χ1n) is 10.5. The third kappa shape index (κ3) is 6.16. The van der Waals surface area contributed by atoms with Gasteiger partial charge in [0.05, 0.1) is 0 Å². The second kappa shape index (κ2) is 10.4. The average Bonchev–Trinajstić information content (AvgIpc) is 2.96. The predicted octanol–water partition coefficient (Wildman–Crippen LogP) is 5.92. The molecule has 2 N–H and O–H groups in total. The van der Waals surface area contributed by atoms with Gasteiger partial charge in [0.1, 0.15) is 5.82 Å². The highest BCUT2D eigenvalue weighted by molar-refractivity contribution is 6.04. The first-order valence-corrected chi connectivity index (χ1v) is 10.5. The summed E-state index contributed by atoms with van der Waals surface area (Å²) >= 11 is 0. The highest BCUT2D eigenvalue weighted by atomic mass is 19.1. The molecule has 1 amide bonds. The fourth-order valence-electron chi connectivity index (χ4n) is 4.06. The van der Waals surface area contributed by atoms with Crippen molar-refractivity contribution in [1.82, 2.24) is 5.32 Å². The first-order chi connectivity index (χ1) is 13.6. The molecule has 1 aliphatic rings. The quantitative estimate of drug-likeness (QED) is 0.584. The number of carbonyl (C=O) groups excluding carboxylic acids is 1. The topological polar surface area (TPSA) is 41.1 Å². The first kappa shape index (κ1) is 20.5. The Balaban J connectivity index is 1.55. The van der Waals surface area contributed by atoms with E-state index in [0.29, 0.717) is 18.2 Å². The van der Waals surface area contributed by atoms with Crippen LogP contribution in [0.25, 0.3) is 0 Å². The van der Waals surface area contributed by atoms with Crippen molar-refractivity contribution in [3.8, 4) is 0 Å². The van der Waals surface area contributed by atoms with Gasteiger partial charge in [-0.3, -0.25) is 4.79 Å². The van der Waals surface area contributed by atoms with Crippen LogP contribution >= 0.6 is 0 Å². The van der Waals surface area contributed by atoms with Crippen molar-refractivity contribution in [2.45, 2.75) is 64.5 Å². The molecule has 3 rings (SSSR count). The standard InChI is InChI=1S/C24H31FN2O/c1-18(16-19-8-4-2-3-5-9-19)26-17-21-10-6-7-11-23(21)27-24(28)20-12-14-22(25)15-13-20/h6-7,10-15,18-19,26H,2-5,8-9,16-17H2,1H3,(H,27,28)/t18-/m0/s1. The maximum Gasteiger partial charge on any atom is 0.255 e. The molecule has 28 heavy (non-hydrogen) atoms. The Labute approximate surface area is 167 Å². The Morgan fingerprint density at radius 1 is 1.04 bits per heavy atom. The number of carbonyl (C=O) groups is 1. The van der Waals surface area contributed by atoms with Gasteiger partial charge in [0.2, 0.25) is 0 Å². The number of anilines is 1. The van der Waals surface area contributed by atoms with Crippen molar-refractivity contribution in [2.75, 3.05) is 5.32 Å². The second-order valence-electron chi connectivity index (χ2n) is 7.99. The van der Waals surface area contributed by atoms with Crippen LogP contribution in [0.2, 0.25) is 0 Å². The van der Waals surface area contributed by atoms with Gasteiger partial charge in [0.25, 0.3) is 5.91 Å². The van der Waals surface area contributed by atoms with Crippen LogP contribution in [-0.2, 0) is 6.54 Å². The molecule has 0 unspecified atom stereocenters. The number of halogens is 1. The minimum Gasteiger partial charge on any atom is -0.322 e. The molecule has 0 spiro atoms. The van der Waals surface area contributed by atoms with E-state index in [4.69, 9.17) is 0 Å². The minimum absolute atomic E-state index is 0.223. The van der Waals surface area contributed by atoms with Gasteiger partial charge in [-0.2, -0.15) is 0 Å². The van der Waals surface area contributed by atoms with Crippen LogP contribution in [0.3, 0.4) is 0 Å². The van der Waals surface area contributed by atoms with Gasteiger partial charge < -0.3 is 10.6 Å². The van der Waals surface area contributed by atoms with E-state index in [9.17, 15) is 9.18 Å². The molecule has 0 aliphatic heterocycles. The summed E-state index contributed by atoms with van der Waals surface area (Å²) in [6, 6.07) is 13.9. The number of nitrogens with one attached hydrogen (secondary N) is 2. The van der Waals surface area contributed by atoms with Gasteiger partial charge in [0.15, 0.2) is 0 Å². The zero-order chi connectivity index (χ0) is 19.8.